The zero-order chi connectivity index (χ0) is 10.4. The van der Waals surface area contributed by atoms with Gasteiger partial charge in [0.15, 0.2) is 0 Å². The van der Waals surface area contributed by atoms with E-state index in [1.807, 2.05) is 0 Å². The molecule has 14 heavy (non-hydrogen) atoms. The molecule has 76 valence electrons. The Balaban J connectivity index is 2.22. The van der Waals surface area contributed by atoms with Gasteiger partial charge < -0.3 is 10.1 Å². The molecule has 1 N–H and O–H groups in total. The fraction of sp³-hybridized carbons (Fsp3) is 0.375. The third-order valence-electron chi connectivity index (χ3n) is 1.56. The predicted molar refractivity (Wildman–Crippen MR) is 47.3 cm³/mol. The van der Waals surface area contributed by atoms with Crippen LogP contribution in [-0.2, 0) is 20.9 Å². The van der Waals surface area contributed by atoms with Crippen molar-refractivity contribution in [1.82, 2.24) is 15.1 Å². The highest BCUT2D eigenvalue weighted by Gasteiger charge is 2.11. The third-order valence-corrected chi connectivity index (χ3v) is 1.56. The fourth-order valence-corrected chi connectivity index (χ4v) is 0.882. The first-order valence-corrected chi connectivity index (χ1v) is 4.07. The quantitative estimate of drug-likeness (QED) is 0.507. The van der Waals surface area contributed by atoms with Crippen LogP contribution in [0.5, 0.6) is 0 Å². The maximum absolute atomic E-state index is 10.9. The average molecular weight is 197 g/mol. The van der Waals surface area contributed by atoms with E-state index >= 15 is 0 Å². The molecule has 1 rings (SSSR count). The van der Waals surface area contributed by atoms with E-state index in [1.54, 1.807) is 23.1 Å². The molecule has 6 nitrogen and oxygen atoms in total. The lowest BCUT2D eigenvalue weighted by molar-refractivity contribution is -0.152. The van der Waals surface area contributed by atoms with Crippen molar-refractivity contribution in [2.24, 2.45) is 0 Å². The van der Waals surface area contributed by atoms with Gasteiger partial charge in [-0.25, -0.2) is 4.79 Å². The van der Waals surface area contributed by atoms with Crippen molar-refractivity contribution >= 4 is 11.9 Å². The van der Waals surface area contributed by atoms with E-state index < -0.39 is 11.9 Å². The minimum absolute atomic E-state index is 0.343. The summed E-state index contributed by atoms with van der Waals surface area (Å²) < 4.78 is 5.88. The van der Waals surface area contributed by atoms with Crippen LogP contribution >= 0.6 is 0 Å². The number of esters is 1. The van der Waals surface area contributed by atoms with Crippen LogP contribution in [-0.4, -0.2) is 35.3 Å². The zero-order valence-corrected chi connectivity index (χ0v) is 7.77. The van der Waals surface area contributed by atoms with E-state index in [2.05, 4.69) is 15.2 Å². The molecule has 0 aliphatic heterocycles. The minimum atomic E-state index is -0.884. The molecule has 0 unspecified atom stereocenters. The molecule has 1 aromatic heterocycles. The first kappa shape index (κ1) is 10.2. The summed E-state index contributed by atoms with van der Waals surface area (Å²) >= 11 is 0. The lowest BCUT2D eigenvalue weighted by atomic mass is 10.5. The highest BCUT2D eigenvalue weighted by molar-refractivity contribution is 6.32. The Morgan fingerprint density at radius 2 is 2.36 bits per heavy atom. The van der Waals surface area contributed by atoms with E-state index in [-0.39, 0.29) is 0 Å². The SMILES string of the molecule is COC(=O)C(=O)NCCn1cccn1. The Morgan fingerprint density at radius 1 is 1.57 bits per heavy atom. The molecule has 0 bridgehead atoms. The van der Waals surface area contributed by atoms with Gasteiger partial charge in [-0.3, -0.25) is 9.48 Å². The fourth-order valence-electron chi connectivity index (χ4n) is 0.882. The summed E-state index contributed by atoms with van der Waals surface area (Å²) in [6.07, 6.45) is 3.41. The van der Waals surface area contributed by atoms with Gasteiger partial charge in [-0.15, -0.1) is 0 Å². The second-order valence-corrected chi connectivity index (χ2v) is 2.52. The topological polar surface area (TPSA) is 73.2 Å². The van der Waals surface area contributed by atoms with Crippen molar-refractivity contribution in [3.8, 4) is 0 Å². The molecule has 0 radical (unpaired) electrons. The van der Waals surface area contributed by atoms with Gasteiger partial charge in [-0.05, 0) is 6.07 Å². The minimum Gasteiger partial charge on any atom is -0.462 e. The number of amides is 1. The van der Waals surface area contributed by atoms with Crippen molar-refractivity contribution in [1.29, 1.82) is 0 Å². The smallest absolute Gasteiger partial charge is 0.396 e. The second kappa shape index (κ2) is 5.00. The van der Waals surface area contributed by atoms with Crippen molar-refractivity contribution in [3.05, 3.63) is 18.5 Å². The number of methoxy groups -OCH3 is 1. The lowest BCUT2D eigenvalue weighted by Gasteiger charge is -2.03. The number of rotatable bonds is 3. The number of aromatic nitrogens is 2. The summed E-state index contributed by atoms with van der Waals surface area (Å²) in [6.45, 7) is 0.866. The molecule has 0 aromatic carbocycles. The van der Waals surface area contributed by atoms with Crippen LogP contribution in [0.15, 0.2) is 18.5 Å². The first-order chi connectivity index (χ1) is 6.74. The molecular formula is C8H11N3O3. The molecule has 6 heteroatoms. The van der Waals surface area contributed by atoms with Gasteiger partial charge in [-0.1, -0.05) is 0 Å². The summed E-state index contributed by atoms with van der Waals surface area (Å²) in [5.41, 5.74) is 0. The zero-order valence-electron chi connectivity index (χ0n) is 7.77. The molecule has 1 aromatic rings. The van der Waals surface area contributed by atoms with E-state index in [9.17, 15) is 9.59 Å². The van der Waals surface area contributed by atoms with Gasteiger partial charge >= 0.3 is 11.9 Å². The van der Waals surface area contributed by atoms with Crippen molar-refractivity contribution < 1.29 is 14.3 Å². The predicted octanol–water partition coefficient (Wildman–Crippen LogP) is -0.828. The molecular weight excluding hydrogens is 186 g/mol. The van der Waals surface area contributed by atoms with E-state index in [0.29, 0.717) is 13.1 Å². The van der Waals surface area contributed by atoms with E-state index in [0.717, 1.165) is 7.11 Å². The number of carbonyl (C=O) groups excluding carboxylic acids is 2. The first-order valence-electron chi connectivity index (χ1n) is 4.07. The Bertz CT molecular complexity index is 308. The highest BCUT2D eigenvalue weighted by Crippen LogP contribution is 1.82. The molecule has 0 aliphatic carbocycles. The average Bonchev–Trinajstić information content (AvgIpc) is 2.69. The van der Waals surface area contributed by atoms with Crippen LogP contribution in [0.2, 0.25) is 0 Å². The molecule has 1 amide bonds. The van der Waals surface area contributed by atoms with E-state index in [4.69, 9.17) is 0 Å². The molecule has 1 heterocycles. The van der Waals surface area contributed by atoms with Crippen LogP contribution in [0, 0.1) is 0 Å². The number of nitrogens with one attached hydrogen (secondary N) is 1. The number of nitrogens with zero attached hydrogens (tertiary/aromatic N) is 2. The maximum Gasteiger partial charge on any atom is 0.396 e. The standard InChI is InChI=1S/C8H11N3O3/c1-14-8(13)7(12)9-4-6-11-5-2-3-10-11/h2-3,5H,4,6H2,1H3,(H,9,12). The molecule has 0 fully saturated rings. The summed E-state index contributed by atoms with van der Waals surface area (Å²) in [7, 11) is 1.16. The Hall–Kier alpha value is -1.85. The van der Waals surface area contributed by atoms with Gasteiger partial charge in [0.2, 0.25) is 0 Å². The van der Waals surface area contributed by atoms with Crippen LogP contribution in [0.4, 0.5) is 0 Å². The van der Waals surface area contributed by atoms with E-state index in [1.165, 1.54) is 0 Å². The molecule has 0 atom stereocenters. The normalized spacial score (nSPS) is 9.50. The van der Waals surface area contributed by atoms with Crippen LogP contribution in [0.3, 0.4) is 0 Å². The second-order valence-electron chi connectivity index (χ2n) is 2.52. The van der Waals surface area contributed by atoms with Gasteiger partial charge in [0.1, 0.15) is 0 Å². The van der Waals surface area contributed by atoms with Crippen LogP contribution in [0.25, 0.3) is 0 Å². The van der Waals surface area contributed by atoms with Gasteiger partial charge in [0, 0.05) is 18.9 Å². The van der Waals surface area contributed by atoms with Crippen LogP contribution < -0.4 is 5.32 Å². The highest BCUT2D eigenvalue weighted by atomic mass is 16.5. The number of hydrogen-bond acceptors (Lipinski definition) is 4. The lowest BCUT2D eigenvalue weighted by Crippen LogP contribution is -2.34. The third kappa shape index (κ3) is 2.89. The number of ether oxygens (including phenoxy) is 1. The Morgan fingerprint density at radius 3 is 2.93 bits per heavy atom. The summed E-state index contributed by atoms with van der Waals surface area (Å²) in [5, 5.41) is 6.32. The van der Waals surface area contributed by atoms with Gasteiger partial charge in [0.25, 0.3) is 0 Å². The van der Waals surface area contributed by atoms with Crippen molar-refractivity contribution in [2.45, 2.75) is 6.54 Å². The number of hydrogen-bond donors (Lipinski definition) is 1. The van der Waals surface area contributed by atoms with Crippen LogP contribution in [0.1, 0.15) is 0 Å². The molecule has 0 spiro atoms. The summed E-state index contributed by atoms with van der Waals surface area (Å²) in [6, 6.07) is 1.78. The Labute approximate surface area is 80.8 Å². The van der Waals surface area contributed by atoms with Gasteiger partial charge in [0.05, 0.1) is 13.7 Å². The molecule has 0 saturated carbocycles. The monoisotopic (exact) mass is 197 g/mol. The summed E-state index contributed by atoms with van der Waals surface area (Å²) in [4.78, 5) is 21.5. The Kier molecular flexibility index (Phi) is 3.66. The summed E-state index contributed by atoms with van der Waals surface area (Å²) in [5.74, 6) is -1.62. The van der Waals surface area contributed by atoms with Crippen molar-refractivity contribution in [3.63, 3.8) is 0 Å². The molecule has 0 aliphatic rings. The number of carbonyl (C=O) groups is 2. The van der Waals surface area contributed by atoms with Crippen molar-refractivity contribution in [2.75, 3.05) is 13.7 Å². The van der Waals surface area contributed by atoms with Gasteiger partial charge in [-0.2, -0.15) is 5.10 Å². The largest absolute Gasteiger partial charge is 0.462 e. The molecule has 0 saturated heterocycles. The maximum atomic E-state index is 10.9.